The molecule has 0 saturated heterocycles. The zero-order valence-electron chi connectivity index (χ0n) is 13.2. The first-order valence-corrected chi connectivity index (χ1v) is 7.14. The van der Waals surface area contributed by atoms with Crippen LogP contribution in [0.3, 0.4) is 0 Å². The molecule has 3 rings (SSSR count). The maximum Gasteiger partial charge on any atom is 0.429 e. The molecule has 0 fully saturated rings. The summed E-state index contributed by atoms with van der Waals surface area (Å²) in [7, 11) is 1.33. The predicted molar refractivity (Wildman–Crippen MR) is 81.1 cm³/mol. The standard InChI is InChI=1S/C15H14F3N5O2/c1-8-10(11(19)25-22-8)14(24,15(16,17)18)13-21-20-12(23(13)2)9-6-4-3-5-7-9/h3-7,24H,19H2,1-2H3. The highest BCUT2D eigenvalue weighted by molar-refractivity contribution is 5.56. The highest BCUT2D eigenvalue weighted by Crippen LogP contribution is 2.47. The molecule has 0 amide bonds. The van der Waals surface area contributed by atoms with Gasteiger partial charge in [-0.3, -0.25) is 0 Å². The van der Waals surface area contributed by atoms with Gasteiger partial charge >= 0.3 is 6.18 Å². The fraction of sp³-hybridized carbons (Fsp3) is 0.267. The van der Waals surface area contributed by atoms with Gasteiger partial charge in [0.1, 0.15) is 0 Å². The minimum atomic E-state index is -5.13. The van der Waals surface area contributed by atoms with E-state index in [-0.39, 0.29) is 11.5 Å². The van der Waals surface area contributed by atoms with Crippen molar-refractivity contribution in [3.05, 3.63) is 47.4 Å². The second-order valence-electron chi connectivity index (χ2n) is 5.49. The van der Waals surface area contributed by atoms with Crippen molar-refractivity contribution in [2.24, 2.45) is 7.05 Å². The third-order valence-electron chi connectivity index (χ3n) is 3.89. The molecule has 7 nitrogen and oxygen atoms in total. The molecule has 25 heavy (non-hydrogen) atoms. The van der Waals surface area contributed by atoms with Gasteiger partial charge in [0, 0.05) is 12.6 Å². The summed E-state index contributed by atoms with van der Waals surface area (Å²) in [5.74, 6) is -1.22. The maximum atomic E-state index is 13.8. The van der Waals surface area contributed by atoms with Crippen LogP contribution in [-0.2, 0) is 12.6 Å². The van der Waals surface area contributed by atoms with Crippen LogP contribution in [0.2, 0.25) is 0 Å². The molecular weight excluding hydrogens is 339 g/mol. The van der Waals surface area contributed by atoms with Crippen molar-refractivity contribution >= 4 is 5.88 Å². The Morgan fingerprint density at radius 2 is 1.80 bits per heavy atom. The number of rotatable bonds is 3. The van der Waals surface area contributed by atoms with Crippen molar-refractivity contribution in [2.45, 2.75) is 18.7 Å². The van der Waals surface area contributed by atoms with Gasteiger partial charge in [-0.15, -0.1) is 10.2 Å². The van der Waals surface area contributed by atoms with Crippen LogP contribution in [-0.4, -0.2) is 31.2 Å². The molecule has 3 N–H and O–H groups in total. The Morgan fingerprint density at radius 1 is 1.16 bits per heavy atom. The van der Waals surface area contributed by atoms with Crippen LogP contribution in [0.25, 0.3) is 11.4 Å². The topological polar surface area (TPSA) is 103 Å². The van der Waals surface area contributed by atoms with Gasteiger partial charge in [0.05, 0.1) is 11.3 Å². The first-order valence-electron chi connectivity index (χ1n) is 7.14. The van der Waals surface area contributed by atoms with Crippen molar-refractivity contribution < 1.29 is 22.8 Å². The van der Waals surface area contributed by atoms with Crippen molar-refractivity contribution in [1.82, 2.24) is 19.9 Å². The largest absolute Gasteiger partial charge is 0.429 e. The molecule has 1 atom stereocenters. The van der Waals surface area contributed by atoms with Gasteiger partial charge in [0.25, 0.3) is 5.60 Å². The van der Waals surface area contributed by atoms with E-state index in [0.29, 0.717) is 5.56 Å². The molecule has 0 spiro atoms. The van der Waals surface area contributed by atoms with Gasteiger partial charge in [-0.2, -0.15) is 13.2 Å². The molecule has 10 heteroatoms. The van der Waals surface area contributed by atoms with E-state index in [1.165, 1.54) is 14.0 Å². The Labute approximate surface area is 139 Å². The Morgan fingerprint density at radius 3 is 2.32 bits per heavy atom. The number of hydrogen-bond acceptors (Lipinski definition) is 6. The molecular formula is C15H14F3N5O2. The lowest BCUT2D eigenvalue weighted by Gasteiger charge is -2.29. The average molecular weight is 353 g/mol. The zero-order chi connectivity index (χ0) is 18.4. The Hall–Kier alpha value is -2.88. The monoisotopic (exact) mass is 353 g/mol. The number of alkyl halides is 3. The molecule has 2 heterocycles. The van der Waals surface area contributed by atoms with Gasteiger partial charge < -0.3 is 19.9 Å². The van der Waals surface area contributed by atoms with Crippen LogP contribution in [0.5, 0.6) is 0 Å². The van der Waals surface area contributed by atoms with Crippen LogP contribution < -0.4 is 5.73 Å². The highest BCUT2D eigenvalue weighted by atomic mass is 19.4. The summed E-state index contributed by atoms with van der Waals surface area (Å²) in [6, 6.07) is 8.51. The molecule has 0 saturated carbocycles. The third-order valence-corrected chi connectivity index (χ3v) is 3.89. The normalized spacial score (nSPS) is 14.5. The smallest absolute Gasteiger partial charge is 0.370 e. The Kier molecular flexibility index (Phi) is 3.79. The van der Waals surface area contributed by atoms with E-state index < -0.39 is 29.0 Å². The summed E-state index contributed by atoms with van der Waals surface area (Å²) in [6.07, 6.45) is -5.13. The maximum absolute atomic E-state index is 13.8. The van der Waals surface area contributed by atoms with Gasteiger partial charge in [-0.25, -0.2) is 0 Å². The van der Waals surface area contributed by atoms with E-state index in [9.17, 15) is 18.3 Å². The minimum absolute atomic E-state index is 0.158. The SMILES string of the molecule is Cc1noc(N)c1C(O)(c1nnc(-c2ccccc2)n1C)C(F)(F)F. The number of aromatic nitrogens is 4. The van der Waals surface area contributed by atoms with Crippen LogP contribution in [0.15, 0.2) is 34.9 Å². The minimum Gasteiger partial charge on any atom is -0.370 e. The number of hydrogen-bond donors (Lipinski definition) is 2. The lowest BCUT2D eigenvalue weighted by molar-refractivity contribution is -0.252. The number of nitrogens with zero attached hydrogens (tertiary/aromatic N) is 4. The first-order chi connectivity index (χ1) is 11.7. The van der Waals surface area contributed by atoms with Crippen molar-refractivity contribution in [3.63, 3.8) is 0 Å². The van der Waals surface area contributed by atoms with Crippen molar-refractivity contribution in [3.8, 4) is 11.4 Å². The number of benzene rings is 1. The third kappa shape index (κ3) is 2.45. The summed E-state index contributed by atoms with van der Waals surface area (Å²) < 4.78 is 47.2. The van der Waals surface area contributed by atoms with Gasteiger partial charge in [-0.05, 0) is 6.92 Å². The molecule has 2 aromatic heterocycles. The quantitative estimate of drug-likeness (QED) is 0.748. The fourth-order valence-corrected chi connectivity index (χ4v) is 2.69. The zero-order valence-corrected chi connectivity index (χ0v) is 13.2. The molecule has 0 bridgehead atoms. The number of anilines is 1. The lowest BCUT2D eigenvalue weighted by atomic mass is 9.91. The predicted octanol–water partition coefficient (Wildman–Crippen LogP) is 2.16. The van der Waals surface area contributed by atoms with E-state index >= 15 is 0 Å². The summed E-state index contributed by atoms with van der Waals surface area (Å²) in [5, 5.41) is 21.4. The lowest BCUT2D eigenvalue weighted by Crippen LogP contribution is -2.46. The fourth-order valence-electron chi connectivity index (χ4n) is 2.69. The molecule has 1 aromatic carbocycles. The van der Waals surface area contributed by atoms with Crippen LogP contribution in [0.1, 0.15) is 17.1 Å². The van der Waals surface area contributed by atoms with Crippen molar-refractivity contribution in [2.75, 3.05) is 5.73 Å². The highest BCUT2D eigenvalue weighted by Gasteiger charge is 2.62. The second-order valence-corrected chi connectivity index (χ2v) is 5.49. The van der Waals surface area contributed by atoms with Gasteiger partial charge in [-0.1, -0.05) is 35.5 Å². The number of halogens is 3. The summed E-state index contributed by atoms with van der Waals surface area (Å²) in [5.41, 5.74) is 1.62. The number of nitrogens with two attached hydrogens (primary N) is 1. The van der Waals surface area contributed by atoms with E-state index in [4.69, 9.17) is 5.73 Å². The van der Waals surface area contributed by atoms with Crippen LogP contribution in [0.4, 0.5) is 19.1 Å². The van der Waals surface area contributed by atoms with E-state index in [1.54, 1.807) is 30.3 Å². The summed E-state index contributed by atoms with van der Waals surface area (Å²) in [6.45, 7) is 1.25. The molecule has 1 unspecified atom stereocenters. The van der Waals surface area contributed by atoms with Crippen LogP contribution >= 0.6 is 0 Å². The van der Waals surface area contributed by atoms with E-state index in [0.717, 1.165) is 4.57 Å². The number of nitrogen functional groups attached to an aromatic ring is 1. The van der Waals surface area contributed by atoms with Crippen LogP contribution in [0, 0.1) is 6.92 Å². The molecule has 0 aliphatic carbocycles. The first kappa shape index (κ1) is 17.0. The molecule has 0 radical (unpaired) electrons. The Balaban J connectivity index is 2.26. The number of aliphatic hydroxyl groups is 1. The second kappa shape index (κ2) is 5.59. The van der Waals surface area contributed by atoms with E-state index in [1.807, 2.05) is 0 Å². The number of aryl methyl sites for hydroxylation is 1. The van der Waals surface area contributed by atoms with Crippen molar-refractivity contribution in [1.29, 1.82) is 0 Å². The van der Waals surface area contributed by atoms with Gasteiger partial charge in [0.2, 0.25) is 5.88 Å². The average Bonchev–Trinajstić information content (AvgIpc) is 3.10. The Bertz CT molecular complexity index is 884. The van der Waals surface area contributed by atoms with Gasteiger partial charge in [0.15, 0.2) is 11.6 Å². The molecule has 132 valence electrons. The van der Waals surface area contributed by atoms with E-state index in [2.05, 4.69) is 19.9 Å². The molecule has 0 aliphatic rings. The molecule has 3 aromatic rings. The summed E-state index contributed by atoms with van der Waals surface area (Å²) in [4.78, 5) is 0. The molecule has 0 aliphatic heterocycles. The summed E-state index contributed by atoms with van der Waals surface area (Å²) >= 11 is 0.